The van der Waals surface area contributed by atoms with Crippen molar-refractivity contribution in [2.45, 2.75) is 20.3 Å². The molecule has 76 valence electrons. The highest BCUT2D eigenvalue weighted by Gasteiger charge is 1.96. The van der Waals surface area contributed by atoms with Crippen LogP contribution in [0.25, 0.3) is 0 Å². The molecule has 0 amide bonds. The van der Waals surface area contributed by atoms with Crippen molar-refractivity contribution in [3.8, 4) is 0 Å². The van der Waals surface area contributed by atoms with Crippen molar-refractivity contribution >= 4 is 0 Å². The minimum Gasteiger partial charge on any atom is -0.261 e. The molecule has 15 heavy (non-hydrogen) atoms. The first-order chi connectivity index (χ1) is 7.24. The van der Waals surface area contributed by atoms with Gasteiger partial charge in [0.2, 0.25) is 0 Å². The summed E-state index contributed by atoms with van der Waals surface area (Å²) in [6.45, 7) is 4.16. The lowest BCUT2D eigenvalue weighted by Crippen LogP contribution is -1.92. The molecule has 0 aliphatic carbocycles. The molecule has 0 saturated heterocycles. The first-order valence-corrected chi connectivity index (χ1v) is 5.21. The topological polar surface area (TPSA) is 12.9 Å². The molecule has 2 aromatic rings. The van der Waals surface area contributed by atoms with Crippen molar-refractivity contribution in [3.05, 3.63) is 65.0 Å². The lowest BCUT2D eigenvalue weighted by molar-refractivity contribution is 1.06. The monoisotopic (exact) mass is 197 g/mol. The third-order valence-corrected chi connectivity index (χ3v) is 2.48. The normalized spacial score (nSPS) is 10.3. The fraction of sp³-hybridized carbons (Fsp3) is 0.214. The summed E-state index contributed by atoms with van der Waals surface area (Å²) in [6, 6.07) is 12.8. The molecule has 1 heteroatoms. The van der Waals surface area contributed by atoms with E-state index in [0.717, 1.165) is 12.1 Å². The van der Waals surface area contributed by atoms with E-state index in [1.165, 1.54) is 16.7 Å². The van der Waals surface area contributed by atoms with E-state index in [1.54, 1.807) is 0 Å². The number of hydrogen-bond acceptors (Lipinski definition) is 1. The summed E-state index contributed by atoms with van der Waals surface area (Å²) in [5.41, 5.74) is 4.96. The van der Waals surface area contributed by atoms with Gasteiger partial charge in [0.05, 0.1) is 0 Å². The molecule has 0 unspecified atom stereocenters. The molecule has 1 aromatic heterocycles. The van der Waals surface area contributed by atoms with Gasteiger partial charge in [0.1, 0.15) is 0 Å². The van der Waals surface area contributed by atoms with Crippen molar-refractivity contribution in [3.63, 3.8) is 0 Å². The van der Waals surface area contributed by atoms with E-state index in [1.807, 2.05) is 6.20 Å². The van der Waals surface area contributed by atoms with Crippen LogP contribution >= 0.6 is 0 Å². The highest BCUT2D eigenvalue weighted by atomic mass is 14.7. The summed E-state index contributed by atoms with van der Waals surface area (Å²) in [6.07, 6.45) is 2.84. The van der Waals surface area contributed by atoms with E-state index < -0.39 is 0 Å². The van der Waals surface area contributed by atoms with Gasteiger partial charge in [0.25, 0.3) is 0 Å². The van der Waals surface area contributed by atoms with E-state index in [0.29, 0.717) is 0 Å². The maximum absolute atomic E-state index is 4.40. The number of pyridine rings is 1. The number of aryl methyl sites for hydroxylation is 2. The second-order valence-electron chi connectivity index (χ2n) is 3.99. The zero-order valence-corrected chi connectivity index (χ0v) is 9.20. The van der Waals surface area contributed by atoms with Crippen LogP contribution < -0.4 is 0 Å². The molecule has 0 atom stereocenters. The zero-order valence-electron chi connectivity index (χ0n) is 9.20. The fourth-order valence-electron chi connectivity index (χ4n) is 1.52. The van der Waals surface area contributed by atoms with Crippen LogP contribution in [0, 0.1) is 13.8 Å². The first-order valence-electron chi connectivity index (χ1n) is 5.21. The van der Waals surface area contributed by atoms with Gasteiger partial charge in [-0.25, -0.2) is 0 Å². The predicted molar refractivity (Wildman–Crippen MR) is 63.0 cm³/mol. The molecule has 2 rings (SSSR count). The Morgan fingerprint density at radius 1 is 0.867 bits per heavy atom. The molecule has 0 aliphatic rings. The minimum atomic E-state index is 0.917. The largest absolute Gasteiger partial charge is 0.261 e. The van der Waals surface area contributed by atoms with E-state index in [9.17, 15) is 0 Å². The maximum Gasteiger partial charge on any atom is 0.0447 e. The summed E-state index contributed by atoms with van der Waals surface area (Å²) in [7, 11) is 0. The van der Waals surface area contributed by atoms with Gasteiger partial charge in [-0.3, -0.25) is 4.98 Å². The van der Waals surface area contributed by atoms with Crippen LogP contribution in [0.1, 0.15) is 22.4 Å². The second-order valence-corrected chi connectivity index (χ2v) is 3.99. The zero-order chi connectivity index (χ0) is 10.7. The summed E-state index contributed by atoms with van der Waals surface area (Å²) < 4.78 is 0. The molecule has 0 N–H and O–H groups in total. The highest BCUT2D eigenvalue weighted by molar-refractivity contribution is 5.26. The Morgan fingerprint density at radius 2 is 1.53 bits per heavy atom. The van der Waals surface area contributed by atoms with Crippen molar-refractivity contribution in [2.75, 3.05) is 0 Å². The van der Waals surface area contributed by atoms with Gasteiger partial charge >= 0.3 is 0 Å². The van der Waals surface area contributed by atoms with E-state index in [4.69, 9.17) is 0 Å². The van der Waals surface area contributed by atoms with Crippen LogP contribution in [0.2, 0.25) is 0 Å². The standard InChI is InChI=1S/C14H15N/c1-11-3-6-13(7-4-11)9-14-8-5-12(2)10-15-14/h3-8,10H,9H2,1-2H3. The van der Waals surface area contributed by atoms with Crippen LogP contribution in [0.4, 0.5) is 0 Å². The van der Waals surface area contributed by atoms with Crippen LogP contribution in [0.3, 0.4) is 0 Å². The fourth-order valence-corrected chi connectivity index (χ4v) is 1.52. The molecule has 1 aromatic carbocycles. The lowest BCUT2D eigenvalue weighted by atomic mass is 10.1. The van der Waals surface area contributed by atoms with Crippen molar-refractivity contribution < 1.29 is 0 Å². The molecule has 1 nitrogen and oxygen atoms in total. The molecule has 0 saturated carbocycles. The Hall–Kier alpha value is -1.63. The average Bonchev–Trinajstić information content (AvgIpc) is 2.25. The number of nitrogens with zero attached hydrogens (tertiary/aromatic N) is 1. The average molecular weight is 197 g/mol. The number of aromatic nitrogens is 1. The molecule has 0 aliphatic heterocycles. The van der Waals surface area contributed by atoms with E-state index in [2.05, 4.69) is 55.2 Å². The number of rotatable bonds is 2. The van der Waals surface area contributed by atoms with E-state index >= 15 is 0 Å². The Labute approximate surface area is 90.8 Å². The highest BCUT2D eigenvalue weighted by Crippen LogP contribution is 2.09. The molecule has 0 spiro atoms. The van der Waals surface area contributed by atoms with Crippen molar-refractivity contribution in [1.82, 2.24) is 4.98 Å². The molecular weight excluding hydrogens is 182 g/mol. The summed E-state index contributed by atoms with van der Waals surface area (Å²) in [5, 5.41) is 0. The Morgan fingerprint density at radius 3 is 2.13 bits per heavy atom. The van der Waals surface area contributed by atoms with Crippen LogP contribution in [0.15, 0.2) is 42.6 Å². The Kier molecular flexibility index (Phi) is 2.82. The number of benzene rings is 1. The van der Waals surface area contributed by atoms with Crippen molar-refractivity contribution in [1.29, 1.82) is 0 Å². The van der Waals surface area contributed by atoms with Gasteiger partial charge < -0.3 is 0 Å². The summed E-state index contributed by atoms with van der Waals surface area (Å²) >= 11 is 0. The smallest absolute Gasteiger partial charge is 0.0447 e. The predicted octanol–water partition coefficient (Wildman–Crippen LogP) is 3.29. The van der Waals surface area contributed by atoms with Crippen LogP contribution in [-0.4, -0.2) is 4.98 Å². The SMILES string of the molecule is Cc1ccc(Cc2ccc(C)cn2)cc1. The van der Waals surface area contributed by atoms with Crippen LogP contribution in [-0.2, 0) is 6.42 Å². The molecular formula is C14H15N. The lowest BCUT2D eigenvalue weighted by Gasteiger charge is -2.02. The Balaban J connectivity index is 2.15. The van der Waals surface area contributed by atoms with Crippen molar-refractivity contribution in [2.24, 2.45) is 0 Å². The van der Waals surface area contributed by atoms with Gasteiger partial charge in [0.15, 0.2) is 0 Å². The molecule has 0 fully saturated rings. The van der Waals surface area contributed by atoms with E-state index in [-0.39, 0.29) is 0 Å². The van der Waals surface area contributed by atoms with Gasteiger partial charge in [-0.2, -0.15) is 0 Å². The van der Waals surface area contributed by atoms with Gasteiger partial charge in [-0.15, -0.1) is 0 Å². The quantitative estimate of drug-likeness (QED) is 0.720. The Bertz CT molecular complexity index is 382. The maximum atomic E-state index is 4.40. The third-order valence-electron chi connectivity index (χ3n) is 2.48. The van der Waals surface area contributed by atoms with Gasteiger partial charge in [-0.1, -0.05) is 35.9 Å². The van der Waals surface area contributed by atoms with Crippen LogP contribution in [0.5, 0.6) is 0 Å². The second kappa shape index (κ2) is 4.26. The molecule has 1 heterocycles. The van der Waals surface area contributed by atoms with Gasteiger partial charge in [-0.05, 0) is 31.0 Å². The van der Waals surface area contributed by atoms with Gasteiger partial charge in [0, 0.05) is 18.3 Å². The third kappa shape index (κ3) is 2.66. The minimum absolute atomic E-state index is 0.917. The molecule has 0 bridgehead atoms. The summed E-state index contributed by atoms with van der Waals surface area (Å²) in [5.74, 6) is 0. The molecule has 0 radical (unpaired) electrons. The first kappa shape index (κ1) is 9.91. The summed E-state index contributed by atoms with van der Waals surface area (Å²) in [4.78, 5) is 4.40. The number of hydrogen-bond donors (Lipinski definition) is 0.